The van der Waals surface area contributed by atoms with Gasteiger partial charge in [-0.2, -0.15) is 4.98 Å². The summed E-state index contributed by atoms with van der Waals surface area (Å²) in [4.78, 5) is 4.44. The summed E-state index contributed by atoms with van der Waals surface area (Å²) in [6.07, 6.45) is 0. The molecule has 0 saturated heterocycles. The average Bonchev–Trinajstić information content (AvgIpc) is 2.91. The van der Waals surface area contributed by atoms with Gasteiger partial charge in [0.1, 0.15) is 5.75 Å². The number of nitrogens with zero attached hydrogens (tertiary/aromatic N) is 2. The Bertz CT molecular complexity index is 812. The zero-order valence-corrected chi connectivity index (χ0v) is 13.2. The van der Waals surface area contributed by atoms with Gasteiger partial charge < -0.3 is 9.63 Å². The van der Waals surface area contributed by atoms with Crippen LogP contribution in [0.4, 0.5) is 0 Å². The lowest BCUT2D eigenvalue weighted by Crippen LogP contribution is -1.86. The summed E-state index contributed by atoms with van der Waals surface area (Å²) < 4.78 is 6.35. The summed E-state index contributed by atoms with van der Waals surface area (Å²) in [6.45, 7) is 3.83. The van der Waals surface area contributed by atoms with Crippen molar-refractivity contribution in [3.63, 3.8) is 0 Å². The molecule has 1 aromatic heterocycles. The molecule has 5 heteroatoms. The van der Waals surface area contributed by atoms with Gasteiger partial charge >= 0.3 is 0 Å². The second kappa shape index (κ2) is 5.33. The van der Waals surface area contributed by atoms with Crippen LogP contribution in [0.2, 0.25) is 0 Å². The van der Waals surface area contributed by atoms with E-state index in [1.54, 1.807) is 12.1 Å². The number of benzene rings is 2. The summed E-state index contributed by atoms with van der Waals surface area (Å²) in [5, 5.41) is 13.6. The van der Waals surface area contributed by atoms with E-state index in [2.05, 4.69) is 26.1 Å². The van der Waals surface area contributed by atoms with Crippen molar-refractivity contribution in [2.24, 2.45) is 0 Å². The fraction of sp³-hybridized carbons (Fsp3) is 0.125. The summed E-state index contributed by atoms with van der Waals surface area (Å²) >= 11 is 3.44. The van der Waals surface area contributed by atoms with Crippen molar-refractivity contribution >= 4 is 15.9 Å². The van der Waals surface area contributed by atoms with Crippen molar-refractivity contribution in [1.29, 1.82) is 0 Å². The van der Waals surface area contributed by atoms with Crippen LogP contribution >= 0.6 is 15.9 Å². The molecule has 0 aliphatic carbocycles. The molecule has 0 spiro atoms. The predicted molar refractivity (Wildman–Crippen MR) is 84.0 cm³/mol. The van der Waals surface area contributed by atoms with Crippen LogP contribution in [0.5, 0.6) is 5.75 Å². The van der Waals surface area contributed by atoms with Crippen LogP contribution in [0.15, 0.2) is 45.4 Å². The molecule has 3 aromatic rings. The highest BCUT2D eigenvalue weighted by Crippen LogP contribution is 2.28. The molecule has 0 bridgehead atoms. The monoisotopic (exact) mass is 344 g/mol. The normalized spacial score (nSPS) is 10.8. The van der Waals surface area contributed by atoms with E-state index in [9.17, 15) is 5.11 Å². The number of aryl methyl sites for hydroxylation is 2. The van der Waals surface area contributed by atoms with Crippen LogP contribution in [0, 0.1) is 13.8 Å². The molecule has 0 aliphatic rings. The van der Waals surface area contributed by atoms with Gasteiger partial charge in [0, 0.05) is 15.6 Å². The predicted octanol–water partition coefficient (Wildman–Crippen LogP) is 4.49. The highest BCUT2D eigenvalue weighted by atomic mass is 79.9. The van der Waals surface area contributed by atoms with Gasteiger partial charge in [-0.1, -0.05) is 21.1 Å². The van der Waals surface area contributed by atoms with Crippen molar-refractivity contribution in [2.75, 3.05) is 0 Å². The number of aromatic nitrogens is 2. The number of phenols is 1. The quantitative estimate of drug-likeness (QED) is 0.744. The third-order valence-corrected chi connectivity index (χ3v) is 3.79. The molecule has 3 rings (SSSR count). The van der Waals surface area contributed by atoms with E-state index in [4.69, 9.17) is 4.52 Å². The largest absolute Gasteiger partial charge is 0.508 e. The molecule has 0 radical (unpaired) electrons. The zero-order valence-electron chi connectivity index (χ0n) is 11.6. The van der Waals surface area contributed by atoms with Crippen LogP contribution in [-0.2, 0) is 0 Å². The summed E-state index contributed by atoms with van der Waals surface area (Å²) in [7, 11) is 0. The first-order valence-corrected chi connectivity index (χ1v) is 7.24. The molecule has 1 heterocycles. The Kier molecular flexibility index (Phi) is 3.51. The topological polar surface area (TPSA) is 59.2 Å². The van der Waals surface area contributed by atoms with E-state index in [0.717, 1.165) is 26.7 Å². The third kappa shape index (κ3) is 2.69. The van der Waals surface area contributed by atoms with Gasteiger partial charge in [-0.05, 0) is 61.4 Å². The molecular formula is C16H13BrN2O2. The minimum atomic E-state index is 0.252. The van der Waals surface area contributed by atoms with Gasteiger partial charge in [0.15, 0.2) is 0 Å². The lowest BCUT2D eigenvalue weighted by molar-refractivity contribution is 0.432. The fourth-order valence-corrected chi connectivity index (χ4v) is 2.59. The van der Waals surface area contributed by atoms with Gasteiger partial charge in [0.2, 0.25) is 5.82 Å². The van der Waals surface area contributed by atoms with Crippen molar-refractivity contribution in [3.05, 3.63) is 52.0 Å². The highest BCUT2D eigenvalue weighted by Gasteiger charge is 2.13. The molecule has 0 unspecified atom stereocenters. The van der Waals surface area contributed by atoms with E-state index in [-0.39, 0.29) is 5.75 Å². The summed E-state index contributed by atoms with van der Waals surface area (Å²) in [5.41, 5.74) is 3.56. The number of phenolic OH excluding ortho intramolecular Hbond substituents is 1. The van der Waals surface area contributed by atoms with Crippen LogP contribution in [0.1, 0.15) is 11.1 Å². The molecule has 0 amide bonds. The molecule has 0 fully saturated rings. The number of hydrogen-bond donors (Lipinski definition) is 1. The lowest BCUT2D eigenvalue weighted by Gasteiger charge is -2.01. The summed E-state index contributed by atoms with van der Waals surface area (Å²) in [6, 6.07) is 11.1. The molecule has 0 atom stereocenters. The van der Waals surface area contributed by atoms with E-state index in [0.29, 0.717) is 11.7 Å². The molecular weight excluding hydrogens is 332 g/mol. The number of aromatic hydroxyl groups is 1. The Morgan fingerprint density at radius 2 is 1.86 bits per heavy atom. The summed E-state index contributed by atoms with van der Waals surface area (Å²) in [5.74, 6) is 1.25. The van der Waals surface area contributed by atoms with Crippen molar-refractivity contribution in [1.82, 2.24) is 10.1 Å². The highest BCUT2D eigenvalue weighted by molar-refractivity contribution is 9.10. The van der Waals surface area contributed by atoms with E-state index in [1.807, 2.05) is 38.1 Å². The maximum Gasteiger partial charge on any atom is 0.258 e. The number of hydrogen-bond acceptors (Lipinski definition) is 4. The molecule has 4 nitrogen and oxygen atoms in total. The first-order valence-electron chi connectivity index (χ1n) is 6.45. The molecule has 0 aliphatic heterocycles. The van der Waals surface area contributed by atoms with Gasteiger partial charge in [-0.15, -0.1) is 0 Å². The first kappa shape index (κ1) is 13.8. The van der Waals surface area contributed by atoms with Gasteiger partial charge in [-0.25, -0.2) is 0 Å². The number of rotatable bonds is 2. The Hall–Kier alpha value is -2.14. The zero-order chi connectivity index (χ0) is 15.0. The Balaban J connectivity index is 2.01. The van der Waals surface area contributed by atoms with Crippen LogP contribution < -0.4 is 0 Å². The minimum Gasteiger partial charge on any atom is -0.508 e. The smallest absolute Gasteiger partial charge is 0.258 e. The van der Waals surface area contributed by atoms with Gasteiger partial charge in [0.05, 0.1) is 0 Å². The maximum absolute atomic E-state index is 9.57. The lowest BCUT2D eigenvalue weighted by atomic mass is 10.1. The van der Waals surface area contributed by atoms with Gasteiger partial charge in [-0.3, -0.25) is 0 Å². The average molecular weight is 345 g/mol. The van der Waals surface area contributed by atoms with Gasteiger partial charge in [0.25, 0.3) is 5.89 Å². The third-order valence-electron chi connectivity index (χ3n) is 3.30. The van der Waals surface area contributed by atoms with Crippen molar-refractivity contribution in [2.45, 2.75) is 13.8 Å². The Labute approximate surface area is 130 Å². The second-order valence-corrected chi connectivity index (χ2v) is 5.80. The Morgan fingerprint density at radius 3 is 2.57 bits per heavy atom. The van der Waals surface area contributed by atoms with Crippen LogP contribution in [0.3, 0.4) is 0 Å². The SMILES string of the molecule is Cc1cc(-c2nc(-c3ccc(Br)cc3C)no2)ccc1O. The minimum absolute atomic E-state index is 0.252. The second-order valence-electron chi connectivity index (χ2n) is 4.88. The first-order chi connectivity index (χ1) is 10.0. The molecule has 0 saturated carbocycles. The van der Waals surface area contributed by atoms with Crippen LogP contribution in [0.25, 0.3) is 22.8 Å². The van der Waals surface area contributed by atoms with Crippen molar-refractivity contribution in [3.8, 4) is 28.6 Å². The number of halogens is 1. The molecule has 21 heavy (non-hydrogen) atoms. The van der Waals surface area contributed by atoms with E-state index < -0.39 is 0 Å². The molecule has 106 valence electrons. The molecule has 2 aromatic carbocycles. The molecule has 1 N–H and O–H groups in total. The van der Waals surface area contributed by atoms with E-state index in [1.165, 1.54) is 0 Å². The van der Waals surface area contributed by atoms with Crippen molar-refractivity contribution < 1.29 is 9.63 Å². The van der Waals surface area contributed by atoms with E-state index >= 15 is 0 Å². The maximum atomic E-state index is 9.57. The fourth-order valence-electron chi connectivity index (χ4n) is 2.12. The standard InChI is InChI=1S/C16H13BrN2O2/c1-9-8-12(17)4-5-13(9)15-18-16(21-19-15)11-3-6-14(20)10(2)7-11/h3-8,20H,1-2H3. The van der Waals surface area contributed by atoms with Crippen LogP contribution in [-0.4, -0.2) is 15.2 Å². The Morgan fingerprint density at radius 1 is 1.05 bits per heavy atom.